The molecule has 0 amide bonds. The minimum absolute atomic E-state index is 0.0184. The van der Waals surface area contributed by atoms with Crippen LogP contribution in [0.5, 0.6) is 0 Å². The van der Waals surface area contributed by atoms with Crippen molar-refractivity contribution >= 4 is 17.1 Å². The smallest absolute Gasteiger partial charge is 0.0543 e. The van der Waals surface area contributed by atoms with Gasteiger partial charge in [0.05, 0.1) is 11.4 Å². The van der Waals surface area contributed by atoms with Gasteiger partial charge in [-0.25, -0.2) is 0 Å². The summed E-state index contributed by atoms with van der Waals surface area (Å²) in [5.41, 5.74) is 23.1. The molecule has 0 fully saturated rings. The molecule has 1 nitrogen and oxygen atoms in total. The number of hydrogen-bond donors (Lipinski definition) is 0. The van der Waals surface area contributed by atoms with Crippen LogP contribution in [0.3, 0.4) is 0 Å². The second-order valence-corrected chi connectivity index (χ2v) is 19.0. The van der Waals surface area contributed by atoms with Gasteiger partial charge < -0.3 is 4.90 Å². The Morgan fingerprint density at radius 2 is 0.945 bits per heavy atom. The molecule has 0 saturated heterocycles. The molecule has 2 unspecified atom stereocenters. The highest BCUT2D eigenvalue weighted by atomic mass is 15.2. The first-order chi connectivity index (χ1) is 26.3. The molecule has 2 atom stereocenters. The minimum Gasteiger partial charge on any atom is -0.310 e. The zero-order valence-corrected chi connectivity index (χ0v) is 33.4. The summed E-state index contributed by atoms with van der Waals surface area (Å²) in [5, 5.41) is 0. The molecule has 0 saturated carbocycles. The SMILES string of the molecule is CC1(C)c2ccccc2-c2cc3c(cc21)-c1ccc(N(c2cccc4c2-c2ccccc2C4(C)C)c2cccc4c2C2C=CC=CC2C4(C)C)cc1C3(C)C. The molecule has 0 spiro atoms. The molecule has 0 heterocycles. The van der Waals surface area contributed by atoms with E-state index in [0.29, 0.717) is 11.8 Å². The fourth-order valence-corrected chi connectivity index (χ4v) is 11.8. The Morgan fingerprint density at radius 1 is 0.418 bits per heavy atom. The van der Waals surface area contributed by atoms with E-state index in [9.17, 15) is 0 Å². The van der Waals surface area contributed by atoms with Crippen LogP contribution in [0.25, 0.3) is 33.4 Å². The van der Waals surface area contributed by atoms with Crippen molar-refractivity contribution in [3.05, 3.63) is 184 Å². The van der Waals surface area contributed by atoms with Crippen molar-refractivity contribution in [1.29, 1.82) is 0 Å². The molecule has 270 valence electrons. The highest BCUT2D eigenvalue weighted by Gasteiger charge is 2.47. The van der Waals surface area contributed by atoms with Crippen molar-refractivity contribution in [1.82, 2.24) is 0 Å². The standard InChI is InChI=1S/C54H49N/c1-51(2)40-21-13-10-18-35(40)49-42(51)23-15-25-47(49)55(48-26-16-24-43-50(48)36-19-11-14-22-41(36)52(43,3)4)32-27-28-34-38-31-45-37(30-46(38)54(7,8)44(34)29-32)33-17-9-12-20-39(33)53(45,5)6/h9-31,35,40H,1-8H3. The van der Waals surface area contributed by atoms with E-state index >= 15 is 0 Å². The Balaban J connectivity index is 1.16. The summed E-state index contributed by atoms with van der Waals surface area (Å²) in [6, 6.07) is 44.7. The molecule has 0 bridgehead atoms. The van der Waals surface area contributed by atoms with Crippen LogP contribution in [0, 0.1) is 5.92 Å². The lowest BCUT2D eigenvalue weighted by Crippen LogP contribution is -2.24. The lowest BCUT2D eigenvalue weighted by molar-refractivity contribution is 0.394. The summed E-state index contributed by atoms with van der Waals surface area (Å²) in [6.45, 7) is 19.3. The van der Waals surface area contributed by atoms with Crippen LogP contribution in [-0.2, 0) is 21.7 Å². The monoisotopic (exact) mass is 711 g/mol. The van der Waals surface area contributed by atoms with Gasteiger partial charge in [0.2, 0.25) is 0 Å². The van der Waals surface area contributed by atoms with Crippen molar-refractivity contribution in [3.63, 3.8) is 0 Å². The Hall–Kier alpha value is -5.40. The summed E-state index contributed by atoms with van der Waals surface area (Å²) >= 11 is 0. The van der Waals surface area contributed by atoms with Crippen molar-refractivity contribution in [3.8, 4) is 33.4 Å². The fraction of sp³-hybridized carbons (Fsp3) is 0.259. The van der Waals surface area contributed by atoms with Crippen molar-refractivity contribution in [2.24, 2.45) is 5.92 Å². The van der Waals surface area contributed by atoms with Crippen LogP contribution in [-0.4, -0.2) is 0 Å². The number of anilines is 3. The molecule has 0 N–H and O–H groups in total. The second-order valence-electron chi connectivity index (χ2n) is 19.0. The summed E-state index contributed by atoms with van der Waals surface area (Å²) in [5.74, 6) is 0.736. The molecule has 6 aromatic carbocycles. The van der Waals surface area contributed by atoms with Gasteiger partial charge in [-0.3, -0.25) is 0 Å². The van der Waals surface area contributed by atoms with E-state index in [4.69, 9.17) is 0 Å². The van der Waals surface area contributed by atoms with Crippen LogP contribution in [0.1, 0.15) is 106 Å². The Kier molecular flexibility index (Phi) is 6.40. The Morgan fingerprint density at radius 3 is 1.67 bits per heavy atom. The second kappa shape index (κ2) is 10.7. The first kappa shape index (κ1) is 33.0. The fourth-order valence-electron chi connectivity index (χ4n) is 11.8. The predicted octanol–water partition coefficient (Wildman–Crippen LogP) is 14.2. The molecule has 11 rings (SSSR count). The molecule has 0 aliphatic heterocycles. The summed E-state index contributed by atoms with van der Waals surface area (Å²) in [6.07, 6.45) is 9.42. The highest BCUT2D eigenvalue weighted by Crippen LogP contribution is 2.61. The van der Waals surface area contributed by atoms with E-state index in [1.807, 2.05) is 0 Å². The topological polar surface area (TPSA) is 3.24 Å². The largest absolute Gasteiger partial charge is 0.310 e. The number of allylic oxidation sites excluding steroid dienone is 4. The molecule has 5 aliphatic carbocycles. The van der Waals surface area contributed by atoms with E-state index in [1.165, 1.54) is 95.0 Å². The van der Waals surface area contributed by atoms with Gasteiger partial charge in [0.15, 0.2) is 0 Å². The summed E-state index contributed by atoms with van der Waals surface area (Å²) in [7, 11) is 0. The van der Waals surface area contributed by atoms with E-state index in [-0.39, 0.29) is 21.7 Å². The molecule has 1 heteroatoms. The average Bonchev–Trinajstić information content (AvgIpc) is 3.75. The predicted molar refractivity (Wildman–Crippen MR) is 231 cm³/mol. The van der Waals surface area contributed by atoms with Gasteiger partial charge in [0, 0.05) is 33.4 Å². The Bertz CT molecular complexity index is 2730. The molecule has 55 heavy (non-hydrogen) atoms. The maximum atomic E-state index is 2.64. The van der Waals surface area contributed by atoms with E-state index in [0.717, 1.165) is 0 Å². The van der Waals surface area contributed by atoms with Crippen LogP contribution < -0.4 is 4.90 Å². The van der Waals surface area contributed by atoms with Gasteiger partial charge >= 0.3 is 0 Å². The van der Waals surface area contributed by atoms with Crippen molar-refractivity contribution in [2.45, 2.75) is 83.0 Å². The third-order valence-electron chi connectivity index (χ3n) is 14.8. The maximum absolute atomic E-state index is 2.64. The zero-order chi connectivity index (χ0) is 37.8. The normalized spacial score (nSPS) is 21.2. The number of hydrogen-bond acceptors (Lipinski definition) is 1. The van der Waals surface area contributed by atoms with Gasteiger partial charge in [0.1, 0.15) is 0 Å². The molecule has 0 aromatic heterocycles. The van der Waals surface area contributed by atoms with E-state index in [1.54, 1.807) is 0 Å². The number of rotatable bonds is 3. The maximum Gasteiger partial charge on any atom is 0.0543 e. The number of nitrogens with zero attached hydrogens (tertiary/aromatic N) is 1. The van der Waals surface area contributed by atoms with Gasteiger partial charge in [0.25, 0.3) is 0 Å². The van der Waals surface area contributed by atoms with Gasteiger partial charge in [-0.2, -0.15) is 0 Å². The van der Waals surface area contributed by atoms with E-state index in [2.05, 4.69) is 200 Å². The minimum atomic E-state index is -0.168. The summed E-state index contributed by atoms with van der Waals surface area (Å²) < 4.78 is 0. The molecule has 0 radical (unpaired) electrons. The summed E-state index contributed by atoms with van der Waals surface area (Å²) in [4.78, 5) is 2.64. The third kappa shape index (κ3) is 4.09. The van der Waals surface area contributed by atoms with Gasteiger partial charge in [-0.05, 0) is 120 Å². The van der Waals surface area contributed by atoms with Crippen LogP contribution in [0.4, 0.5) is 17.1 Å². The lowest BCUT2D eigenvalue weighted by atomic mass is 9.74. The van der Waals surface area contributed by atoms with Crippen LogP contribution in [0.15, 0.2) is 140 Å². The molecule has 5 aliphatic rings. The Labute approximate surface area is 327 Å². The first-order valence-electron chi connectivity index (χ1n) is 20.3. The third-order valence-corrected chi connectivity index (χ3v) is 14.8. The first-order valence-corrected chi connectivity index (χ1v) is 20.3. The quantitative estimate of drug-likeness (QED) is 0.177. The number of fused-ring (bicyclic) bond motifs is 12. The van der Waals surface area contributed by atoms with Crippen LogP contribution in [0.2, 0.25) is 0 Å². The van der Waals surface area contributed by atoms with Crippen LogP contribution >= 0.6 is 0 Å². The van der Waals surface area contributed by atoms with Gasteiger partial charge in [-0.15, -0.1) is 0 Å². The van der Waals surface area contributed by atoms with E-state index < -0.39 is 0 Å². The highest BCUT2D eigenvalue weighted by molar-refractivity contribution is 5.97. The van der Waals surface area contributed by atoms with Gasteiger partial charge in [-0.1, -0.05) is 159 Å². The number of benzene rings is 6. The zero-order valence-electron chi connectivity index (χ0n) is 33.4. The molecule has 6 aromatic rings. The van der Waals surface area contributed by atoms with Crippen molar-refractivity contribution in [2.75, 3.05) is 4.90 Å². The lowest BCUT2D eigenvalue weighted by Gasteiger charge is -2.33. The molecular formula is C54H49N. The average molecular weight is 712 g/mol. The molecular weight excluding hydrogens is 663 g/mol. The van der Waals surface area contributed by atoms with Crippen molar-refractivity contribution < 1.29 is 0 Å².